The molecule has 0 radical (unpaired) electrons. The van der Waals surface area contributed by atoms with Crippen LogP contribution in [0.1, 0.15) is 25.8 Å². The van der Waals surface area contributed by atoms with Crippen molar-refractivity contribution in [2.24, 2.45) is 11.3 Å². The lowest BCUT2D eigenvalue weighted by Gasteiger charge is -2.29. The summed E-state index contributed by atoms with van der Waals surface area (Å²) in [6.45, 7) is 9.04. The first-order valence-corrected chi connectivity index (χ1v) is 10.6. The molecule has 1 saturated heterocycles. The van der Waals surface area contributed by atoms with E-state index >= 15 is 0 Å². The van der Waals surface area contributed by atoms with Crippen molar-refractivity contribution in [3.05, 3.63) is 60.0 Å². The summed E-state index contributed by atoms with van der Waals surface area (Å²) in [5, 5.41) is 5.04. The molecule has 3 rings (SSSR count). The smallest absolute Gasteiger partial charge is 0.228 e. The molecule has 2 heterocycles. The second kappa shape index (κ2) is 8.74. The molecule has 4 nitrogen and oxygen atoms in total. The number of nitrogens with zero attached hydrogens (tertiary/aromatic N) is 1. The Balaban J connectivity index is 1.86. The molecule has 1 aromatic carbocycles. The van der Waals surface area contributed by atoms with E-state index in [9.17, 15) is 9.59 Å². The van der Waals surface area contributed by atoms with Crippen molar-refractivity contribution in [3.63, 3.8) is 0 Å². The van der Waals surface area contributed by atoms with Gasteiger partial charge in [-0.2, -0.15) is 0 Å². The van der Waals surface area contributed by atoms with E-state index < -0.39 is 5.41 Å². The van der Waals surface area contributed by atoms with Gasteiger partial charge in [-0.1, -0.05) is 50.3 Å². The van der Waals surface area contributed by atoms with E-state index in [-0.39, 0.29) is 17.7 Å². The average molecular weight is 397 g/mol. The molecule has 1 aliphatic heterocycles. The number of hydrogen-bond acceptors (Lipinski definition) is 3. The quantitative estimate of drug-likeness (QED) is 0.715. The van der Waals surface area contributed by atoms with E-state index in [4.69, 9.17) is 0 Å². The Hall–Kier alpha value is -2.40. The maximum atomic E-state index is 13.1. The lowest BCUT2D eigenvalue weighted by molar-refractivity contribution is -0.135. The monoisotopic (exact) mass is 396 g/mol. The fourth-order valence-electron chi connectivity index (χ4n) is 3.86. The van der Waals surface area contributed by atoms with Crippen molar-refractivity contribution in [2.45, 2.75) is 26.7 Å². The molecular weight excluding hydrogens is 368 g/mol. The minimum atomic E-state index is -0.596. The van der Waals surface area contributed by atoms with Gasteiger partial charge in [0.25, 0.3) is 0 Å². The number of nitrogens with one attached hydrogen (secondary N) is 1. The number of rotatable bonds is 7. The van der Waals surface area contributed by atoms with Gasteiger partial charge in [0, 0.05) is 30.4 Å². The van der Waals surface area contributed by atoms with Gasteiger partial charge in [0.2, 0.25) is 11.8 Å². The molecule has 2 amide bonds. The SMILES string of the molecule is C=CCNC(=O)C1(Cc2cccc(-c3cccs3)c2)CCN(C(=O)C(C)C)C1. The number of carbonyl (C=O) groups is 2. The summed E-state index contributed by atoms with van der Waals surface area (Å²) in [6, 6.07) is 12.5. The number of carbonyl (C=O) groups excluding carboxylic acids is 2. The highest BCUT2D eigenvalue weighted by atomic mass is 32.1. The number of thiophene rings is 1. The van der Waals surface area contributed by atoms with Gasteiger partial charge in [-0.3, -0.25) is 9.59 Å². The lowest BCUT2D eigenvalue weighted by Crippen LogP contribution is -2.45. The number of amides is 2. The molecule has 28 heavy (non-hydrogen) atoms. The van der Waals surface area contributed by atoms with Gasteiger partial charge >= 0.3 is 0 Å². The largest absolute Gasteiger partial charge is 0.352 e. The van der Waals surface area contributed by atoms with Crippen LogP contribution in [0.4, 0.5) is 0 Å². The highest BCUT2D eigenvalue weighted by Crippen LogP contribution is 2.36. The summed E-state index contributed by atoms with van der Waals surface area (Å²) in [5.74, 6) is 0.0629. The second-order valence-electron chi connectivity index (χ2n) is 7.80. The molecule has 1 aromatic heterocycles. The van der Waals surface area contributed by atoms with Crippen LogP contribution in [-0.4, -0.2) is 36.3 Å². The Morgan fingerprint density at radius 2 is 2.14 bits per heavy atom. The summed E-state index contributed by atoms with van der Waals surface area (Å²) >= 11 is 1.71. The van der Waals surface area contributed by atoms with E-state index in [1.165, 1.54) is 10.4 Å². The molecule has 0 bridgehead atoms. The first kappa shape index (κ1) is 20.3. The summed E-state index contributed by atoms with van der Waals surface area (Å²) in [7, 11) is 0. The van der Waals surface area contributed by atoms with Crippen LogP contribution in [-0.2, 0) is 16.0 Å². The molecule has 1 aliphatic rings. The normalized spacial score (nSPS) is 19.0. The third kappa shape index (κ3) is 4.36. The van der Waals surface area contributed by atoms with E-state index in [1.807, 2.05) is 30.9 Å². The fraction of sp³-hybridized carbons (Fsp3) is 0.391. The Bertz CT molecular complexity index is 844. The van der Waals surface area contributed by atoms with Crippen LogP contribution in [0.2, 0.25) is 0 Å². The maximum Gasteiger partial charge on any atom is 0.228 e. The molecule has 1 N–H and O–H groups in total. The van der Waals surface area contributed by atoms with Crippen LogP contribution in [0, 0.1) is 11.3 Å². The Labute approximate surface area is 171 Å². The average Bonchev–Trinajstić information content (AvgIpc) is 3.36. The first-order chi connectivity index (χ1) is 13.4. The molecule has 1 atom stereocenters. The molecule has 1 unspecified atom stereocenters. The number of likely N-dealkylation sites (tertiary alicyclic amines) is 1. The van der Waals surface area contributed by atoms with Crippen molar-refractivity contribution in [1.29, 1.82) is 0 Å². The third-order valence-corrected chi connectivity index (χ3v) is 6.24. The second-order valence-corrected chi connectivity index (χ2v) is 8.75. The van der Waals surface area contributed by atoms with Gasteiger partial charge < -0.3 is 10.2 Å². The van der Waals surface area contributed by atoms with E-state index in [2.05, 4.69) is 41.5 Å². The van der Waals surface area contributed by atoms with Crippen molar-refractivity contribution in [1.82, 2.24) is 10.2 Å². The minimum Gasteiger partial charge on any atom is -0.352 e. The molecule has 0 saturated carbocycles. The van der Waals surface area contributed by atoms with Gasteiger partial charge in [0.05, 0.1) is 5.41 Å². The van der Waals surface area contributed by atoms with Gasteiger partial charge in [0.1, 0.15) is 0 Å². The zero-order chi connectivity index (χ0) is 20.1. The van der Waals surface area contributed by atoms with Crippen LogP contribution >= 0.6 is 11.3 Å². The van der Waals surface area contributed by atoms with Crippen molar-refractivity contribution < 1.29 is 9.59 Å². The molecule has 148 valence electrons. The zero-order valence-corrected chi connectivity index (χ0v) is 17.4. The van der Waals surface area contributed by atoms with Gasteiger partial charge in [-0.15, -0.1) is 17.9 Å². The van der Waals surface area contributed by atoms with Crippen molar-refractivity contribution >= 4 is 23.2 Å². The van der Waals surface area contributed by atoms with Crippen LogP contribution in [0.15, 0.2) is 54.4 Å². The van der Waals surface area contributed by atoms with Crippen LogP contribution in [0.3, 0.4) is 0 Å². The molecule has 2 aromatic rings. The molecule has 5 heteroatoms. The zero-order valence-electron chi connectivity index (χ0n) is 16.6. The summed E-state index contributed by atoms with van der Waals surface area (Å²) < 4.78 is 0. The first-order valence-electron chi connectivity index (χ1n) is 9.76. The fourth-order valence-corrected chi connectivity index (χ4v) is 4.58. The van der Waals surface area contributed by atoms with Crippen LogP contribution in [0.25, 0.3) is 10.4 Å². The predicted octanol–water partition coefficient (Wildman–Crippen LogP) is 4.13. The van der Waals surface area contributed by atoms with Crippen molar-refractivity contribution in [2.75, 3.05) is 19.6 Å². The number of benzene rings is 1. The standard InChI is InChI=1S/C23H28N2O2S/c1-4-11-24-22(27)23(10-12-25(16-23)21(26)17(2)3)15-18-7-5-8-19(14-18)20-9-6-13-28-20/h4-9,13-14,17H,1,10-12,15-16H2,2-3H3,(H,24,27). The summed E-state index contributed by atoms with van der Waals surface area (Å²) in [6.07, 6.45) is 2.99. The van der Waals surface area contributed by atoms with Gasteiger partial charge in [-0.05, 0) is 35.4 Å². The molecule has 0 spiro atoms. The molecule has 1 fully saturated rings. The minimum absolute atomic E-state index is 0.00739. The third-order valence-electron chi connectivity index (χ3n) is 5.32. The molecule has 0 aliphatic carbocycles. The lowest BCUT2D eigenvalue weighted by atomic mass is 9.79. The number of hydrogen-bond donors (Lipinski definition) is 1. The van der Waals surface area contributed by atoms with E-state index in [0.717, 1.165) is 5.56 Å². The van der Waals surface area contributed by atoms with Crippen LogP contribution in [0.5, 0.6) is 0 Å². The van der Waals surface area contributed by atoms with E-state index in [1.54, 1.807) is 17.4 Å². The van der Waals surface area contributed by atoms with E-state index in [0.29, 0.717) is 32.5 Å². The van der Waals surface area contributed by atoms with Crippen molar-refractivity contribution in [3.8, 4) is 10.4 Å². The molecular formula is C23H28N2O2S. The van der Waals surface area contributed by atoms with Gasteiger partial charge in [0.15, 0.2) is 0 Å². The maximum absolute atomic E-state index is 13.1. The Morgan fingerprint density at radius 1 is 1.32 bits per heavy atom. The Morgan fingerprint density at radius 3 is 2.82 bits per heavy atom. The predicted molar refractivity (Wildman–Crippen MR) is 115 cm³/mol. The topological polar surface area (TPSA) is 49.4 Å². The highest BCUT2D eigenvalue weighted by Gasteiger charge is 2.46. The summed E-state index contributed by atoms with van der Waals surface area (Å²) in [4.78, 5) is 28.7. The highest BCUT2D eigenvalue weighted by molar-refractivity contribution is 7.13. The van der Waals surface area contributed by atoms with Crippen LogP contribution < -0.4 is 5.32 Å². The summed E-state index contributed by atoms with van der Waals surface area (Å²) in [5.41, 5.74) is 1.70. The Kier molecular flexibility index (Phi) is 6.35. The van der Waals surface area contributed by atoms with Gasteiger partial charge in [-0.25, -0.2) is 0 Å².